The second-order valence-corrected chi connectivity index (χ2v) is 4.95. The fourth-order valence-corrected chi connectivity index (χ4v) is 2.39. The molecule has 0 radical (unpaired) electrons. The first kappa shape index (κ1) is 9.09. The maximum atomic E-state index is 10.9. The average Bonchev–Trinajstić information content (AvgIpc) is 2.03. The number of azide groups is 1. The van der Waals surface area contributed by atoms with Gasteiger partial charge in [-0.05, 0) is 18.4 Å². The minimum atomic E-state index is -2.82. The first-order valence-electron chi connectivity index (χ1n) is 3.56. The van der Waals surface area contributed by atoms with Crippen molar-refractivity contribution in [1.82, 2.24) is 0 Å². The maximum Gasteiger partial charge on any atom is 0.150 e. The Balaban J connectivity index is 2.63. The van der Waals surface area contributed by atoms with Crippen LogP contribution in [-0.4, -0.2) is 19.9 Å². The minimum absolute atomic E-state index is 0.180. The van der Waals surface area contributed by atoms with Gasteiger partial charge in [0.1, 0.15) is 0 Å². The second kappa shape index (κ2) is 3.60. The Labute approximate surface area is 70.6 Å². The van der Waals surface area contributed by atoms with E-state index in [9.17, 15) is 8.42 Å². The summed E-state index contributed by atoms with van der Waals surface area (Å²) in [5, 5.41) is 3.27. The van der Waals surface area contributed by atoms with Crippen LogP contribution in [0.5, 0.6) is 0 Å². The van der Waals surface area contributed by atoms with E-state index >= 15 is 0 Å². The van der Waals surface area contributed by atoms with Crippen LogP contribution in [0.2, 0.25) is 0 Å². The number of sulfone groups is 1. The Morgan fingerprint density at radius 1 is 1.42 bits per heavy atom. The lowest BCUT2D eigenvalue weighted by atomic mass is 10.2. The largest absolute Gasteiger partial charge is 0.229 e. The van der Waals surface area contributed by atoms with Gasteiger partial charge in [-0.3, -0.25) is 0 Å². The van der Waals surface area contributed by atoms with E-state index in [1.807, 2.05) is 0 Å². The molecule has 6 heteroatoms. The lowest BCUT2D eigenvalue weighted by Crippen LogP contribution is -2.17. The molecule has 1 saturated heterocycles. The molecule has 1 heterocycles. The highest BCUT2D eigenvalue weighted by molar-refractivity contribution is 7.91. The molecule has 0 amide bonds. The van der Waals surface area contributed by atoms with E-state index in [2.05, 4.69) is 10.0 Å². The zero-order valence-electron chi connectivity index (χ0n) is 6.47. The van der Waals surface area contributed by atoms with Gasteiger partial charge in [-0.2, -0.15) is 0 Å². The fraction of sp³-hybridized carbons (Fsp3) is 0.667. The predicted molar refractivity (Wildman–Crippen MR) is 45.1 cm³/mol. The summed E-state index contributed by atoms with van der Waals surface area (Å²) >= 11 is 0. The van der Waals surface area contributed by atoms with E-state index in [1.54, 1.807) is 0 Å². The Bertz CT molecular complexity index is 322. The van der Waals surface area contributed by atoms with Crippen molar-refractivity contribution in [2.24, 2.45) is 5.11 Å². The summed E-state index contributed by atoms with van der Waals surface area (Å²) in [5.41, 5.74) is 8.91. The SMILES string of the molecule is [N-]=[N+]=NC=C1CCS(=O)(=O)CC1. The average molecular weight is 187 g/mol. The summed E-state index contributed by atoms with van der Waals surface area (Å²) < 4.78 is 21.9. The summed E-state index contributed by atoms with van der Waals surface area (Å²) in [7, 11) is -2.82. The van der Waals surface area contributed by atoms with E-state index in [0.29, 0.717) is 12.8 Å². The number of allylic oxidation sites excluding steroid dienone is 1. The van der Waals surface area contributed by atoms with Crippen molar-refractivity contribution in [1.29, 1.82) is 0 Å². The van der Waals surface area contributed by atoms with Crippen molar-refractivity contribution in [2.75, 3.05) is 11.5 Å². The van der Waals surface area contributed by atoms with Crippen LogP contribution < -0.4 is 0 Å². The van der Waals surface area contributed by atoms with Crippen LogP contribution in [0.15, 0.2) is 16.9 Å². The number of rotatable bonds is 1. The smallest absolute Gasteiger partial charge is 0.150 e. The zero-order valence-corrected chi connectivity index (χ0v) is 7.29. The van der Waals surface area contributed by atoms with Crippen LogP contribution in [0.4, 0.5) is 0 Å². The molecule has 0 spiro atoms. The lowest BCUT2D eigenvalue weighted by Gasteiger charge is -2.13. The minimum Gasteiger partial charge on any atom is -0.229 e. The highest BCUT2D eigenvalue weighted by atomic mass is 32.2. The topological polar surface area (TPSA) is 82.9 Å². The molecule has 1 aliphatic heterocycles. The quantitative estimate of drug-likeness (QED) is 0.353. The van der Waals surface area contributed by atoms with Gasteiger partial charge in [-0.1, -0.05) is 10.7 Å². The Morgan fingerprint density at radius 3 is 2.50 bits per heavy atom. The molecule has 5 nitrogen and oxygen atoms in total. The number of hydrogen-bond acceptors (Lipinski definition) is 3. The second-order valence-electron chi connectivity index (χ2n) is 2.64. The third kappa shape index (κ3) is 2.56. The Kier molecular flexibility index (Phi) is 2.73. The summed E-state index contributed by atoms with van der Waals surface area (Å²) in [4.78, 5) is 2.57. The molecule has 0 aromatic heterocycles. The van der Waals surface area contributed by atoms with Crippen molar-refractivity contribution in [3.63, 3.8) is 0 Å². The van der Waals surface area contributed by atoms with Crippen molar-refractivity contribution >= 4 is 9.84 Å². The molecule has 1 rings (SSSR count). The van der Waals surface area contributed by atoms with E-state index < -0.39 is 9.84 Å². The van der Waals surface area contributed by atoms with E-state index in [-0.39, 0.29) is 11.5 Å². The molecule has 0 unspecified atom stereocenters. The van der Waals surface area contributed by atoms with Gasteiger partial charge in [0.05, 0.1) is 11.5 Å². The van der Waals surface area contributed by atoms with Gasteiger partial charge in [0, 0.05) is 11.1 Å². The van der Waals surface area contributed by atoms with Gasteiger partial charge in [0.15, 0.2) is 9.84 Å². The van der Waals surface area contributed by atoms with Crippen LogP contribution in [0.3, 0.4) is 0 Å². The predicted octanol–water partition coefficient (Wildman–Crippen LogP) is 1.39. The summed E-state index contributed by atoms with van der Waals surface area (Å²) in [6.45, 7) is 0. The van der Waals surface area contributed by atoms with Crippen LogP contribution >= 0.6 is 0 Å². The van der Waals surface area contributed by atoms with Crippen molar-refractivity contribution in [2.45, 2.75) is 12.8 Å². The van der Waals surface area contributed by atoms with Gasteiger partial charge < -0.3 is 0 Å². The zero-order chi connectivity index (χ0) is 9.03. The highest BCUT2D eigenvalue weighted by Crippen LogP contribution is 2.17. The molecular formula is C6H9N3O2S. The van der Waals surface area contributed by atoms with Gasteiger partial charge in [0.2, 0.25) is 0 Å². The van der Waals surface area contributed by atoms with Gasteiger partial charge in [-0.15, -0.1) is 0 Å². The van der Waals surface area contributed by atoms with Crippen LogP contribution in [0.1, 0.15) is 12.8 Å². The van der Waals surface area contributed by atoms with Crippen LogP contribution in [-0.2, 0) is 9.84 Å². The highest BCUT2D eigenvalue weighted by Gasteiger charge is 2.17. The first-order valence-corrected chi connectivity index (χ1v) is 5.39. The van der Waals surface area contributed by atoms with Crippen LogP contribution in [0, 0.1) is 0 Å². The molecule has 0 N–H and O–H groups in total. The summed E-state index contributed by atoms with van der Waals surface area (Å²) in [5.74, 6) is 0.361. The first-order chi connectivity index (χ1) is 5.64. The monoisotopic (exact) mass is 187 g/mol. The third-order valence-corrected chi connectivity index (χ3v) is 3.41. The van der Waals surface area contributed by atoms with Gasteiger partial charge in [-0.25, -0.2) is 8.42 Å². The number of nitrogens with zero attached hydrogens (tertiary/aromatic N) is 3. The molecule has 0 aliphatic carbocycles. The van der Waals surface area contributed by atoms with Crippen molar-refractivity contribution < 1.29 is 8.42 Å². The number of hydrogen-bond donors (Lipinski definition) is 0. The van der Waals surface area contributed by atoms with Gasteiger partial charge in [0.25, 0.3) is 0 Å². The molecular weight excluding hydrogens is 178 g/mol. The molecule has 0 aromatic rings. The van der Waals surface area contributed by atoms with E-state index in [4.69, 9.17) is 5.53 Å². The van der Waals surface area contributed by atoms with E-state index in [1.165, 1.54) is 6.20 Å². The lowest BCUT2D eigenvalue weighted by molar-refractivity contribution is 0.589. The summed E-state index contributed by atoms with van der Waals surface area (Å²) in [6, 6.07) is 0. The molecule has 1 fully saturated rings. The Morgan fingerprint density at radius 2 is 2.00 bits per heavy atom. The molecule has 0 bridgehead atoms. The molecule has 66 valence electrons. The summed E-state index contributed by atoms with van der Waals surface area (Å²) in [6.07, 6.45) is 2.41. The van der Waals surface area contributed by atoms with Gasteiger partial charge >= 0.3 is 0 Å². The molecule has 12 heavy (non-hydrogen) atoms. The molecule has 1 aliphatic rings. The van der Waals surface area contributed by atoms with Crippen molar-refractivity contribution in [3.8, 4) is 0 Å². The maximum absolute atomic E-state index is 10.9. The fourth-order valence-electron chi connectivity index (χ4n) is 1.04. The molecule has 0 aromatic carbocycles. The molecule has 0 saturated carbocycles. The molecule has 0 atom stereocenters. The normalized spacial score (nSPS) is 21.2. The third-order valence-electron chi connectivity index (χ3n) is 1.76. The van der Waals surface area contributed by atoms with E-state index in [0.717, 1.165) is 5.57 Å². The Hall–Kier alpha value is -1.00. The van der Waals surface area contributed by atoms with Crippen LogP contribution in [0.25, 0.3) is 10.4 Å². The van der Waals surface area contributed by atoms with Crippen molar-refractivity contribution in [3.05, 3.63) is 22.2 Å². The standard InChI is InChI=1S/C6H9N3O2S/c7-9-8-5-6-1-3-12(10,11)4-2-6/h5H,1-4H2.